The van der Waals surface area contributed by atoms with Crippen LogP contribution in [0.4, 0.5) is 14.4 Å². The normalized spacial score (nSPS) is 4.50. The van der Waals surface area contributed by atoms with Crippen LogP contribution in [0.15, 0.2) is 0 Å². The molecule has 13 heteroatoms. The summed E-state index contributed by atoms with van der Waals surface area (Å²) >= 11 is 0. The van der Waals surface area contributed by atoms with Crippen LogP contribution in [0.25, 0.3) is 0 Å². The van der Waals surface area contributed by atoms with Gasteiger partial charge in [0.25, 0.3) is 0 Å². The Labute approximate surface area is 200 Å². The van der Waals surface area contributed by atoms with E-state index in [0.717, 1.165) is 0 Å². The monoisotopic (exact) mass is 306 g/mol. The number of hydrogen-bond acceptors (Lipinski definition) is 9. The van der Waals surface area contributed by atoms with E-state index in [2.05, 4.69) is 0 Å². The maximum absolute atomic E-state index is 8.33. The first-order valence-electron chi connectivity index (χ1n) is 1.84. The Morgan fingerprint density at radius 3 is 0.625 bits per heavy atom. The zero-order chi connectivity index (χ0) is 10.7. The Hall–Kier alpha value is 2.47. The van der Waals surface area contributed by atoms with E-state index < -0.39 is 18.5 Å². The van der Waals surface area contributed by atoms with Crippen LogP contribution in [0.5, 0.6) is 0 Å². The first-order chi connectivity index (χ1) is 5.20. The van der Waals surface area contributed by atoms with Gasteiger partial charge in [-0.2, -0.15) is 0 Å². The molecule has 0 aromatic heterocycles. The van der Waals surface area contributed by atoms with Crippen molar-refractivity contribution in [3.05, 3.63) is 0 Å². The number of rotatable bonds is 0. The molecule has 0 bridgehead atoms. The summed E-state index contributed by atoms with van der Waals surface area (Å²) < 4.78 is 0. The molecule has 0 heterocycles. The minimum absolute atomic E-state index is 0. The van der Waals surface area contributed by atoms with Gasteiger partial charge in [0.05, 0.1) is 0 Å². The van der Waals surface area contributed by atoms with E-state index in [9.17, 15) is 0 Å². The predicted octanol–water partition coefficient (Wildman–Crippen LogP) is -14.1. The molecule has 0 N–H and O–H groups in total. The van der Waals surface area contributed by atoms with Crippen molar-refractivity contribution in [3.8, 4) is 0 Å². The van der Waals surface area contributed by atoms with Gasteiger partial charge in [-0.25, -0.2) is 0 Å². The minimum Gasteiger partial charge on any atom is -0.652 e. The van der Waals surface area contributed by atoms with E-state index in [1.54, 1.807) is 0 Å². The SMILES string of the molecule is O=C([O-])[O-].O=C([O-])[O-].O=C([O-])[O-].[Ca+2].[K+].[Mg+2].[Na+]. The van der Waals surface area contributed by atoms with E-state index >= 15 is 0 Å². The molecule has 0 fully saturated rings. The van der Waals surface area contributed by atoms with Crippen molar-refractivity contribution in [3.63, 3.8) is 0 Å². The zero-order valence-corrected chi connectivity index (χ0v) is 17.3. The summed E-state index contributed by atoms with van der Waals surface area (Å²) in [5.41, 5.74) is 0. The van der Waals surface area contributed by atoms with Gasteiger partial charge in [-0.3, -0.25) is 0 Å². The molecular weight excluding hydrogens is 306 g/mol. The molecule has 0 aliphatic carbocycles. The van der Waals surface area contributed by atoms with Crippen molar-refractivity contribution in [1.29, 1.82) is 0 Å². The van der Waals surface area contributed by atoms with Gasteiger partial charge >= 0.3 is 142 Å². The van der Waals surface area contributed by atoms with Crippen molar-refractivity contribution >= 4 is 79.3 Å². The van der Waals surface area contributed by atoms with Crippen molar-refractivity contribution in [2.24, 2.45) is 0 Å². The minimum atomic E-state index is -2.33. The second-order valence-electron chi connectivity index (χ2n) is 0.750. The summed E-state index contributed by atoms with van der Waals surface area (Å²) in [6, 6.07) is 0. The van der Waals surface area contributed by atoms with Crippen LogP contribution in [-0.2, 0) is 0 Å². The van der Waals surface area contributed by atoms with Gasteiger partial charge in [0.15, 0.2) is 0 Å². The molecule has 0 spiro atoms. The molecule has 0 aromatic carbocycles. The predicted molar refractivity (Wildman–Crippen MR) is 27.7 cm³/mol. The maximum atomic E-state index is 8.33. The van der Waals surface area contributed by atoms with Crippen LogP contribution in [0, 0.1) is 0 Å². The average molecular weight is 306 g/mol. The van der Waals surface area contributed by atoms with E-state index in [1.165, 1.54) is 0 Å². The fourth-order valence-electron chi connectivity index (χ4n) is 0. The second kappa shape index (κ2) is 36.0. The summed E-state index contributed by atoms with van der Waals surface area (Å²) in [4.78, 5) is 25.0. The van der Waals surface area contributed by atoms with E-state index in [4.69, 9.17) is 45.0 Å². The zero-order valence-electron chi connectivity index (χ0n) is 8.59. The third-order valence-corrected chi connectivity index (χ3v) is 0. The van der Waals surface area contributed by atoms with Gasteiger partial charge < -0.3 is 45.0 Å². The molecule has 0 atom stereocenters. The number of hydrogen-bond donors (Lipinski definition) is 0. The standard InChI is InChI=1S/3CH2O3.Ca.K.Mg.Na/c3*2-1(3)4;;;;/h3*(H2,2,3,4);;;;/q;;;+2;+1;+2;+1/p-6. The van der Waals surface area contributed by atoms with Gasteiger partial charge in [-0.1, -0.05) is 0 Å². The van der Waals surface area contributed by atoms with Crippen LogP contribution in [-0.4, -0.2) is 79.3 Å². The third kappa shape index (κ3) is 645. The molecule has 72 valence electrons. The Balaban J connectivity index is -0.0000000135. The number of carbonyl (C=O) groups excluding carboxylic acids is 3. The van der Waals surface area contributed by atoms with Crippen LogP contribution in [0.3, 0.4) is 0 Å². The van der Waals surface area contributed by atoms with E-state index in [1.807, 2.05) is 0 Å². The summed E-state index contributed by atoms with van der Waals surface area (Å²) in [5, 5.41) is 50.0. The first-order valence-corrected chi connectivity index (χ1v) is 1.84. The van der Waals surface area contributed by atoms with Gasteiger partial charge in [-0.05, 0) is 18.5 Å². The fourth-order valence-corrected chi connectivity index (χ4v) is 0. The topological polar surface area (TPSA) is 190 Å². The molecule has 0 amide bonds. The summed E-state index contributed by atoms with van der Waals surface area (Å²) in [6.45, 7) is 0. The Kier molecular flexibility index (Phi) is 96.5. The molecule has 0 aromatic rings. The summed E-state index contributed by atoms with van der Waals surface area (Å²) in [7, 11) is 0. The molecule has 0 saturated heterocycles. The van der Waals surface area contributed by atoms with Crippen molar-refractivity contribution in [2.45, 2.75) is 0 Å². The van der Waals surface area contributed by atoms with Gasteiger partial charge in [0, 0.05) is 0 Å². The summed E-state index contributed by atoms with van der Waals surface area (Å²) in [6.07, 6.45) is -7.00. The second-order valence-corrected chi connectivity index (χ2v) is 0.750. The number of carboxylic acid groups (broad SMARTS) is 6. The smallest absolute Gasteiger partial charge is 0.652 e. The largest absolute Gasteiger partial charge is 2.00 e. The van der Waals surface area contributed by atoms with E-state index in [0.29, 0.717) is 0 Å². The molecule has 0 unspecified atom stereocenters. The Morgan fingerprint density at radius 2 is 0.625 bits per heavy atom. The third-order valence-electron chi connectivity index (χ3n) is 0. The average Bonchev–Trinajstić information content (AvgIpc) is 1.54. The van der Waals surface area contributed by atoms with Gasteiger partial charge in [-0.15, -0.1) is 0 Å². The molecule has 0 saturated carbocycles. The van der Waals surface area contributed by atoms with Crippen LogP contribution in [0.2, 0.25) is 0 Å². The van der Waals surface area contributed by atoms with Crippen LogP contribution < -0.4 is 112 Å². The summed E-state index contributed by atoms with van der Waals surface area (Å²) in [5.74, 6) is 0. The number of carbonyl (C=O) groups is 3. The fraction of sp³-hybridized carbons (Fsp3) is 0. The molecule has 0 rings (SSSR count). The molecule has 0 radical (unpaired) electrons. The Bertz CT molecular complexity index is 128. The molecule has 9 nitrogen and oxygen atoms in total. The molecule has 0 aliphatic rings. The quantitative estimate of drug-likeness (QED) is 0.391. The molecule has 0 aliphatic heterocycles. The van der Waals surface area contributed by atoms with E-state index in [-0.39, 0.29) is 142 Å². The maximum Gasteiger partial charge on any atom is 2.00 e. The van der Waals surface area contributed by atoms with Crippen LogP contribution in [0.1, 0.15) is 0 Å². The first kappa shape index (κ1) is 42.8. The van der Waals surface area contributed by atoms with Crippen molar-refractivity contribution < 1.29 is 126 Å². The molecular formula is C3CaKMgNaO9. The van der Waals surface area contributed by atoms with Gasteiger partial charge in [0.1, 0.15) is 0 Å². The Morgan fingerprint density at radius 1 is 0.625 bits per heavy atom. The van der Waals surface area contributed by atoms with Crippen molar-refractivity contribution in [1.82, 2.24) is 0 Å². The van der Waals surface area contributed by atoms with Crippen LogP contribution >= 0.6 is 0 Å². The van der Waals surface area contributed by atoms with Gasteiger partial charge in [0.2, 0.25) is 0 Å². The molecule has 16 heavy (non-hydrogen) atoms. The van der Waals surface area contributed by atoms with Crippen molar-refractivity contribution in [2.75, 3.05) is 0 Å².